The van der Waals surface area contributed by atoms with E-state index in [-0.39, 0.29) is 11.4 Å². The van der Waals surface area contributed by atoms with E-state index in [9.17, 15) is 9.90 Å². The zero-order valence-electron chi connectivity index (χ0n) is 10.5. The Morgan fingerprint density at radius 3 is 2.94 bits per heavy atom. The lowest BCUT2D eigenvalue weighted by atomic mass is 10.00. The molecule has 1 aromatic heterocycles. The fourth-order valence-electron chi connectivity index (χ4n) is 2.67. The molecule has 0 fully saturated rings. The first-order valence-corrected chi connectivity index (χ1v) is 6.09. The van der Waals surface area contributed by atoms with Gasteiger partial charge in [-0.15, -0.1) is 0 Å². The van der Waals surface area contributed by atoms with Crippen molar-refractivity contribution in [2.24, 2.45) is 0 Å². The number of hydrogen-bond acceptors (Lipinski definition) is 4. The molecule has 0 aliphatic carbocycles. The molecule has 4 heteroatoms. The first-order valence-electron chi connectivity index (χ1n) is 6.09. The Bertz CT molecular complexity index is 687. The fourth-order valence-corrected chi connectivity index (χ4v) is 2.67. The lowest BCUT2D eigenvalue weighted by molar-refractivity contribution is 0.467. The van der Waals surface area contributed by atoms with E-state index in [1.54, 1.807) is 13.0 Å². The maximum absolute atomic E-state index is 12.0. The zero-order chi connectivity index (χ0) is 12.9. The van der Waals surface area contributed by atoms with Crippen LogP contribution in [0.15, 0.2) is 21.3 Å². The number of phenolic OH excluding ortho intramolecular Hbond substituents is 1. The summed E-state index contributed by atoms with van der Waals surface area (Å²) >= 11 is 0. The van der Waals surface area contributed by atoms with Gasteiger partial charge in [-0.25, -0.2) is 4.79 Å². The van der Waals surface area contributed by atoms with Crippen molar-refractivity contribution in [1.29, 1.82) is 0 Å². The molecule has 0 saturated heterocycles. The van der Waals surface area contributed by atoms with Crippen LogP contribution in [0.2, 0.25) is 0 Å². The molecule has 0 bridgehead atoms. The number of rotatable bonds is 0. The van der Waals surface area contributed by atoms with E-state index in [0.717, 1.165) is 36.0 Å². The molecule has 4 nitrogen and oxygen atoms in total. The quantitative estimate of drug-likeness (QED) is 0.723. The number of anilines is 1. The third-order valence-corrected chi connectivity index (χ3v) is 3.66. The van der Waals surface area contributed by atoms with E-state index in [1.807, 2.05) is 13.1 Å². The van der Waals surface area contributed by atoms with Gasteiger partial charge < -0.3 is 14.4 Å². The number of nitrogens with zero attached hydrogens (tertiary/aromatic N) is 1. The number of benzene rings is 1. The average Bonchev–Trinajstić information content (AvgIpc) is 2.35. The van der Waals surface area contributed by atoms with E-state index in [4.69, 9.17) is 4.42 Å². The molecule has 0 atom stereocenters. The monoisotopic (exact) mass is 245 g/mol. The van der Waals surface area contributed by atoms with E-state index >= 15 is 0 Å². The minimum Gasteiger partial charge on any atom is -0.508 e. The summed E-state index contributed by atoms with van der Waals surface area (Å²) in [6, 6.07) is 3.47. The normalized spacial score (nSPS) is 14.9. The van der Waals surface area contributed by atoms with Crippen LogP contribution in [0.5, 0.6) is 5.75 Å². The van der Waals surface area contributed by atoms with Crippen molar-refractivity contribution in [3.05, 3.63) is 33.7 Å². The summed E-state index contributed by atoms with van der Waals surface area (Å²) in [6.07, 6.45) is 1.73. The second kappa shape index (κ2) is 3.77. The lowest BCUT2D eigenvalue weighted by Gasteiger charge is -2.27. The van der Waals surface area contributed by atoms with Crippen LogP contribution in [0.25, 0.3) is 11.0 Å². The number of aryl methyl sites for hydroxylation is 1. The van der Waals surface area contributed by atoms with Crippen molar-refractivity contribution in [3.8, 4) is 5.75 Å². The molecule has 0 unspecified atom stereocenters. The van der Waals surface area contributed by atoms with Crippen molar-refractivity contribution in [3.63, 3.8) is 0 Å². The first-order chi connectivity index (χ1) is 8.59. The Kier molecular flexibility index (Phi) is 2.33. The minimum absolute atomic E-state index is 0.157. The highest BCUT2D eigenvalue weighted by atomic mass is 16.4. The molecule has 0 radical (unpaired) electrons. The molecular formula is C14H15NO3. The summed E-state index contributed by atoms with van der Waals surface area (Å²) in [6.45, 7) is 2.70. The standard InChI is InChI=1S/C14H15NO3/c1-8-11(16)6-5-9-12-10(4-3-7-15(12)2)14(17)18-13(8)9/h5-6,16H,3-4,7H2,1-2H3. The highest BCUT2D eigenvalue weighted by molar-refractivity contribution is 5.94. The smallest absolute Gasteiger partial charge is 0.341 e. The van der Waals surface area contributed by atoms with Crippen molar-refractivity contribution in [2.45, 2.75) is 19.8 Å². The van der Waals surface area contributed by atoms with Gasteiger partial charge in [0, 0.05) is 24.5 Å². The maximum Gasteiger partial charge on any atom is 0.341 e. The van der Waals surface area contributed by atoms with Gasteiger partial charge in [0.1, 0.15) is 11.3 Å². The number of phenols is 1. The molecule has 0 spiro atoms. The molecule has 2 heterocycles. The predicted molar refractivity (Wildman–Crippen MR) is 70.5 cm³/mol. The van der Waals surface area contributed by atoms with E-state index in [2.05, 4.69) is 4.90 Å². The van der Waals surface area contributed by atoms with Gasteiger partial charge in [0.2, 0.25) is 0 Å². The highest BCUT2D eigenvalue weighted by Gasteiger charge is 2.22. The Labute approximate surface area is 104 Å². The van der Waals surface area contributed by atoms with Crippen LogP contribution in [0.3, 0.4) is 0 Å². The zero-order valence-corrected chi connectivity index (χ0v) is 10.5. The minimum atomic E-state index is -0.280. The second-order valence-electron chi connectivity index (χ2n) is 4.83. The van der Waals surface area contributed by atoms with Crippen molar-refractivity contribution < 1.29 is 9.52 Å². The molecule has 3 rings (SSSR count). The molecule has 1 N–H and O–H groups in total. The molecule has 2 aromatic rings. The molecule has 1 aliphatic heterocycles. The summed E-state index contributed by atoms with van der Waals surface area (Å²) in [4.78, 5) is 14.1. The summed E-state index contributed by atoms with van der Waals surface area (Å²) in [7, 11) is 1.99. The topological polar surface area (TPSA) is 53.7 Å². The predicted octanol–water partition coefficient (Wildman–Crippen LogP) is 2.19. The lowest BCUT2D eigenvalue weighted by Crippen LogP contribution is -2.28. The summed E-state index contributed by atoms with van der Waals surface area (Å²) in [5, 5.41) is 10.6. The van der Waals surface area contributed by atoms with Crippen LogP contribution in [-0.2, 0) is 6.42 Å². The van der Waals surface area contributed by atoms with E-state index in [0.29, 0.717) is 11.1 Å². The fraction of sp³-hybridized carbons (Fsp3) is 0.357. The number of aromatic hydroxyl groups is 1. The van der Waals surface area contributed by atoms with Gasteiger partial charge in [-0.05, 0) is 31.9 Å². The largest absolute Gasteiger partial charge is 0.508 e. The Hall–Kier alpha value is -1.97. The van der Waals surface area contributed by atoms with Crippen LogP contribution in [-0.4, -0.2) is 18.7 Å². The molecule has 18 heavy (non-hydrogen) atoms. The van der Waals surface area contributed by atoms with Gasteiger partial charge in [0.25, 0.3) is 0 Å². The van der Waals surface area contributed by atoms with Gasteiger partial charge in [-0.1, -0.05) is 0 Å². The van der Waals surface area contributed by atoms with E-state index in [1.165, 1.54) is 0 Å². The molecule has 1 aromatic carbocycles. The maximum atomic E-state index is 12.0. The summed E-state index contributed by atoms with van der Waals surface area (Å²) < 4.78 is 5.38. The second-order valence-corrected chi connectivity index (χ2v) is 4.83. The molecule has 94 valence electrons. The van der Waals surface area contributed by atoms with Gasteiger partial charge in [-0.3, -0.25) is 0 Å². The van der Waals surface area contributed by atoms with Crippen LogP contribution < -0.4 is 10.5 Å². The van der Waals surface area contributed by atoms with Gasteiger partial charge in [0.05, 0.1) is 11.3 Å². The van der Waals surface area contributed by atoms with Gasteiger partial charge in [-0.2, -0.15) is 0 Å². The molecule has 0 saturated carbocycles. The molecular weight excluding hydrogens is 230 g/mol. The van der Waals surface area contributed by atoms with Crippen molar-refractivity contribution >= 4 is 16.7 Å². The Morgan fingerprint density at radius 2 is 2.17 bits per heavy atom. The number of fused-ring (bicyclic) bond motifs is 3. The van der Waals surface area contributed by atoms with Crippen molar-refractivity contribution in [2.75, 3.05) is 18.5 Å². The third kappa shape index (κ3) is 1.41. The third-order valence-electron chi connectivity index (χ3n) is 3.66. The van der Waals surface area contributed by atoms with Crippen LogP contribution >= 0.6 is 0 Å². The summed E-state index contributed by atoms with van der Waals surface area (Å²) in [5.74, 6) is 0.157. The summed E-state index contributed by atoms with van der Waals surface area (Å²) in [5.41, 5.74) is 2.54. The Balaban J connectivity index is 2.48. The van der Waals surface area contributed by atoms with Gasteiger partial charge in [0.15, 0.2) is 0 Å². The van der Waals surface area contributed by atoms with Crippen LogP contribution in [0, 0.1) is 6.92 Å². The Morgan fingerprint density at radius 1 is 1.39 bits per heavy atom. The molecule has 0 amide bonds. The number of hydrogen-bond donors (Lipinski definition) is 1. The van der Waals surface area contributed by atoms with Gasteiger partial charge >= 0.3 is 5.63 Å². The molecule has 1 aliphatic rings. The van der Waals surface area contributed by atoms with E-state index < -0.39 is 0 Å². The van der Waals surface area contributed by atoms with Crippen LogP contribution in [0.1, 0.15) is 17.5 Å². The first kappa shape index (κ1) is 11.1. The average molecular weight is 245 g/mol. The van der Waals surface area contributed by atoms with Crippen molar-refractivity contribution in [1.82, 2.24) is 0 Å². The van der Waals surface area contributed by atoms with Crippen LogP contribution in [0.4, 0.5) is 5.69 Å². The highest BCUT2D eigenvalue weighted by Crippen LogP contribution is 2.35. The SMILES string of the molecule is Cc1c(O)ccc2c3c(c(=O)oc12)CCCN3C.